The van der Waals surface area contributed by atoms with Crippen LogP contribution in [-0.4, -0.2) is 19.7 Å². The summed E-state index contributed by atoms with van der Waals surface area (Å²) in [6.45, 7) is 8.56. The number of rotatable bonds is 6. The van der Waals surface area contributed by atoms with Crippen molar-refractivity contribution in [3.63, 3.8) is 0 Å². The first kappa shape index (κ1) is 13.7. The molecule has 0 aromatic heterocycles. The SMILES string of the molecule is CCCCC(=O)C1(O[Si](C)(C)C)C=CCC1. The van der Waals surface area contributed by atoms with Crippen molar-refractivity contribution in [3.05, 3.63) is 12.2 Å². The lowest BCUT2D eigenvalue weighted by atomic mass is 9.94. The molecule has 16 heavy (non-hydrogen) atoms. The van der Waals surface area contributed by atoms with E-state index in [1.807, 2.05) is 6.08 Å². The predicted molar refractivity (Wildman–Crippen MR) is 70.1 cm³/mol. The van der Waals surface area contributed by atoms with Crippen molar-refractivity contribution >= 4 is 14.1 Å². The van der Waals surface area contributed by atoms with Crippen molar-refractivity contribution in [3.8, 4) is 0 Å². The fourth-order valence-corrected chi connectivity index (χ4v) is 3.50. The van der Waals surface area contributed by atoms with Gasteiger partial charge in [-0.25, -0.2) is 0 Å². The van der Waals surface area contributed by atoms with Gasteiger partial charge in [-0.1, -0.05) is 25.5 Å². The maximum absolute atomic E-state index is 12.2. The highest BCUT2D eigenvalue weighted by molar-refractivity contribution is 6.70. The molecule has 1 rings (SSSR count). The van der Waals surface area contributed by atoms with Gasteiger partial charge in [0.05, 0.1) is 0 Å². The van der Waals surface area contributed by atoms with E-state index in [4.69, 9.17) is 4.43 Å². The van der Waals surface area contributed by atoms with Gasteiger partial charge in [-0.3, -0.25) is 4.79 Å². The van der Waals surface area contributed by atoms with Gasteiger partial charge in [0.15, 0.2) is 14.1 Å². The van der Waals surface area contributed by atoms with Crippen LogP contribution in [0.2, 0.25) is 19.6 Å². The highest BCUT2D eigenvalue weighted by Crippen LogP contribution is 2.32. The second kappa shape index (κ2) is 5.28. The molecule has 0 fully saturated rings. The normalized spacial score (nSPS) is 25.0. The Labute approximate surface area is 100 Å². The van der Waals surface area contributed by atoms with Crippen LogP contribution in [0.5, 0.6) is 0 Å². The molecule has 0 spiro atoms. The number of carbonyl (C=O) groups is 1. The topological polar surface area (TPSA) is 26.3 Å². The standard InChI is InChI=1S/C13H24O2Si/c1-5-6-9-12(14)13(10-7-8-11-13)15-16(2,3)4/h7,10H,5-6,8-9,11H2,1-4H3. The predicted octanol–water partition coefficient (Wildman–Crippen LogP) is 3.69. The molecular weight excluding hydrogens is 216 g/mol. The minimum atomic E-state index is -1.67. The molecule has 1 atom stereocenters. The minimum Gasteiger partial charge on any atom is -0.402 e. The third kappa shape index (κ3) is 3.56. The van der Waals surface area contributed by atoms with Crippen LogP contribution in [0.25, 0.3) is 0 Å². The first-order valence-electron chi connectivity index (χ1n) is 6.31. The van der Waals surface area contributed by atoms with Gasteiger partial charge < -0.3 is 4.43 Å². The lowest BCUT2D eigenvalue weighted by Crippen LogP contribution is -2.46. The third-order valence-electron chi connectivity index (χ3n) is 2.79. The molecule has 2 nitrogen and oxygen atoms in total. The molecular formula is C13H24O2Si. The summed E-state index contributed by atoms with van der Waals surface area (Å²) in [5.74, 6) is 0.283. The van der Waals surface area contributed by atoms with Crippen molar-refractivity contribution in [1.82, 2.24) is 0 Å². The second-order valence-corrected chi connectivity index (χ2v) is 10.0. The van der Waals surface area contributed by atoms with Crippen molar-refractivity contribution in [2.45, 2.75) is 64.3 Å². The first-order valence-corrected chi connectivity index (χ1v) is 9.72. The van der Waals surface area contributed by atoms with Crippen LogP contribution >= 0.6 is 0 Å². The van der Waals surface area contributed by atoms with Gasteiger partial charge in [0.1, 0.15) is 5.60 Å². The number of ketones is 1. The monoisotopic (exact) mass is 240 g/mol. The van der Waals surface area contributed by atoms with Crippen molar-refractivity contribution in [2.24, 2.45) is 0 Å². The number of unbranched alkanes of at least 4 members (excludes halogenated alkanes) is 1. The fraction of sp³-hybridized carbons (Fsp3) is 0.769. The van der Waals surface area contributed by atoms with Gasteiger partial charge >= 0.3 is 0 Å². The van der Waals surface area contributed by atoms with E-state index >= 15 is 0 Å². The Hall–Kier alpha value is -0.413. The molecule has 0 aliphatic heterocycles. The number of carbonyl (C=O) groups excluding carboxylic acids is 1. The summed E-state index contributed by atoms with van der Waals surface area (Å²) in [7, 11) is -1.67. The average Bonchev–Trinajstić information content (AvgIpc) is 2.61. The largest absolute Gasteiger partial charge is 0.402 e. The molecule has 0 bridgehead atoms. The zero-order chi connectivity index (χ0) is 12.2. The second-order valence-electron chi connectivity index (χ2n) is 5.57. The third-order valence-corrected chi connectivity index (χ3v) is 3.76. The Morgan fingerprint density at radius 2 is 2.12 bits per heavy atom. The van der Waals surface area contributed by atoms with Crippen LogP contribution < -0.4 is 0 Å². The summed E-state index contributed by atoms with van der Waals surface area (Å²) in [4.78, 5) is 12.2. The Kier molecular flexibility index (Phi) is 4.50. The fourth-order valence-electron chi connectivity index (χ4n) is 2.12. The van der Waals surface area contributed by atoms with E-state index in [0.717, 1.165) is 25.7 Å². The van der Waals surface area contributed by atoms with E-state index in [1.165, 1.54) is 0 Å². The van der Waals surface area contributed by atoms with Crippen LogP contribution in [0, 0.1) is 0 Å². The Balaban J connectivity index is 2.73. The molecule has 0 radical (unpaired) electrons. The molecule has 0 saturated carbocycles. The highest BCUT2D eigenvalue weighted by Gasteiger charge is 2.41. The number of hydrogen-bond donors (Lipinski definition) is 0. The van der Waals surface area contributed by atoms with E-state index in [-0.39, 0.29) is 5.78 Å². The maximum atomic E-state index is 12.2. The van der Waals surface area contributed by atoms with Gasteiger partial charge in [0, 0.05) is 6.42 Å². The van der Waals surface area contributed by atoms with Crippen LogP contribution in [-0.2, 0) is 9.22 Å². The molecule has 0 amide bonds. The molecule has 0 N–H and O–H groups in total. The summed E-state index contributed by atoms with van der Waals surface area (Å²) in [5.41, 5.74) is -0.570. The summed E-state index contributed by atoms with van der Waals surface area (Å²) >= 11 is 0. The molecule has 3 heteroatoms. The Morgan fingerprint density at radius 1 is 1.44 bits per heavy atom. The van der Waals surface area contributed by atoms with E-state index in [2.05, 4.69) is 32.6 Å². The molecule has 1 aliphatic carbocycles. The molecule has 0 aromatic rings. The van der Waals surface area contributed by atoms with Gasteiger partial charge in [0.2, 0.25) is 0 Å². The minimum absolute atomic E-state index is 0.283. The summed E-state index contributed by atoms with van der Waals surface area (Å²) in [6, 6.07) is 0. The van der Waals surface area contributed by atoms with E-state index in [0.29, 0.717) is 6.42 Å². The molecule has 0 saturated heterocycles. The zero-order valence-electron chi connectivity index (χ0n) is 11.0. The number of Topliss-reactive ketones (excluding diaryl/α,β-unsaturated/α-hetero) is 1. The average molecular weight is 240 g/mol. The van der Waals surface area contributed by atoms with Crippen LogP contribution in [0.1, 0.15) is 39.0 Å². The molecule has 1 unspecified atom stereocenters. The van der Waals surface area contributed by atoms with E-state index in [9.17, 15) is 4.79 Å². The van der Waals surface area contributed by atoms with Gasteiger partial charge in [-0.15, -0.1) is 0 Å². The smallest absolute Gasteiger partial charge is 0.185 e. The number of allylic oxidation sites excluding steroid dienone is 1. The maximum Gasteiger partial charge on any atom is 0.185 e. The number of hydrogen-bond acceptors (Lipinski definition) is 2. The van der Waals surface area contributed by atoms with Crippen LogP contribution in [0.4, 0.5) is 0 Å². The lowest BCUT2D eigenvalue weighted by Gasteiger charge is -2.33. The summed E-state index contributed by atoms with van der Waals surface area (Å²) in [6.07, 6.45) is 8.61. The van der Waals surface area contributed by atoms with Crippen molar-refractivity contribution in [1.29, 1.82) is 0 Å². The highest BCUT2D eigenvalue weighted by atomic mass is 28.4. The summed E-state index contributed by atoms with van der Waals surface area (Å²) in [5, 5.41) is 0. The molecule has 0 heterocycles. The first-order chi connectivity index (χ1) is 7.40. The van der Waals surface area contributed by atoms with Gasteiger partial charge in [-0.05, 0) is 38.9 Å². The molecule has 1 aliphatic rings. The van der Waals surface area contributed by atoms with Gasteiger partial charge in [0.25, 0.3) is 0 Å². The zero-order valence-corrected chi connectivity index (χ0v) is 12.0. The lowest BCUT2D eigenvalue weighted by molar-refractivity contribution is -0.131. The summed E-state index contributed by atoms with van der Waals surface area (Å²) < 4.78 is 6.15. The van der Waals surface area contributed by atoms with E-state index in [1.54, 1.807) is 0 Å². The van der Waals surface area contributed by atoms with Crippen LogP contribution in [0.3, 0.4) is 0 Å². The van der Waals surface area contributed by atoms with Crippen molar-refractivity contribution in [2.75, 3.05) is 0 Å². The van der Waals surface area contributed by atoms with Crippen LogP contribution in [0.15, 0.2) is 12.2 Å². The molecule has 92 valence electrons. The van der Waals surface area contributed by atoms with Gasteiger partial charge in [-0.2, -0.15) is 0 Å². The van der Waals surface area contributed by atoms with E-state index < -0.39 is 13.9 Å². The molecule has 0 aromatic carbocycles. The Morgan fingerprint density at radius 3 is 2.56 bits per heavy atom. The Bertz CT molecular complexity index is 278. The quantitative estimate of drug-likeness (QED) is 0.523. The van der Waals surface area contributed by atoms with Crippen molar-refractivity contribution < 1.29 is 9.22 Å².